The minimum atomic E-state index is -0.321. The second-order valence-electron chi connectivity index (χ2n) is 3.11. The van der Waals surface area contributed by atoms with E-state index in [4.69, 9.17) is 0 Å². The molecule has 0 radical (unpaired) electrons. The van der Waals surface area contributed by atoms with Crippen LogP contribution in [0.2, 0.25) is 0 Å². The average molecular weight is 167 g/mol. The molecule has 0 aromatic rings. The van der Waals surface area contributed by atoms with Gasteiger partial charge in [-0.3, -0.25) is 10.1 Å². The number of hydrogen-bond acceptors (Lipinski definition) is 2. The van der Waals surface area contributed by atoms with Crippen molar-refractivity contribution in [3.8, 4) is 0 Å². The molecule has 0 bridgehead atoms. The van der Waals surface area contributed by atoms with Gasteiger partial charge < -0.3 is 0 Å². The van der Waals surface area contributed by atoms with Gasteiger partial charge in [0.05, 0.1) is 4.92 Å². The summed E-state index contributed by atoms with van der Waals surface area (Å²) in [6, 6.07) is 0. The molecule has 0 saturated carbocycles. The van der Waals surface area contributed by atoms with E-state index in [0.717, 1.165) is 19.3 Å². The monoisotopic (exact) mass is 167 g/mol. The van der Waals surface area contributed by atoms with E-state index in [2.05, 4.69) is 12.2 Å². The lowest BCUT2D eigenvalue weighted by molar-refractivity contribution is -0.424. The normalized spacial score (nSPS) is 24.1. The molecule has 3 nitrogen and oxygen atoms in total. The zero-order chi connectivity index (χ0) is 8.97. The van der Waals surface area contributed by atoms with Crippen LogP contribution >= 0.6 is 0 Å². The molecule has 0 aromatic heterocycles. The Morgan fingerprint density at radius 1 is 1.67 bits per heavy atom. The quantitative estimate of drug-likeness (QED) is 0.360. The summed E-state index contributed by atoms with van der Waals surface area (Å²) in [7, 11) is 0. The first kappa shape index (κ1) is 8.97. The van der Waals surface area contributed by atoms with E-state index >= 15 is 0 Å². The van der Waals surface area contributed by atoms with Crippen LogP contribution in [0.1, 0.15) is 26.2 Å². The van der Waals surface area contributed by atoms with Crippen molar-refractivity contribution in [1.29, 1.82) is 0 Å². The molecule has 12 heavy (non-hydrogen) atoms. The Labute approximate surface area is 71.9 Å². The molecule has 0 heterocycles. The summed E-state index contributed by atoms with van der Waals surface area (Å²) >= 11 is 0. The molecule has 0 aromatic carbocycles. The summed E-state index contributed by atoms with van der Waals surface area (Å²) in [5, 5.41) is 10.3. The maximum Gasteiger partial charge on any atom is 0.239 e. The summed E-state index contributed by atoms with van der Waals surface area (Å²) in [6.45, 7) is 1.55. The third-order valence-electron chi connectivity index (χ3n) is 2.07. The predicted molar refractivity (Wildman–Crippen MR) is 47.2 cm³/mol. The maximum atomic E-state index is 10.3. The molecule has 3 heteroatoms. The van der Waals surface area contributed by atoms with E-state index in [-0.39, 0.29) is 10.6 Å². The van der Waals surface area contributed by atoms with Crippen molar-refractivity contribution < 1.29 is 4.92 Å². The molecule has 0 aliphatic heterocycles. The maximum absolute atomic E-state index is 10.3. The van der Waals surface area contributed by atoms with Crippen LogP contribution in [0, 0.1) is 16.0 Å². The number of rotatable bonds is 2. The highest BCUT2D eigenvalue weighted by Crippen LogP contribution is 2.20. The second-order valence-corrected chi connectivity index (χ2v) is 3.11. The Bertz CT molecular complexity index is 231. The van der Waals surface area contributed by atoms with Gasteiger partial charge in [0.1, 0.15) is 0 Å². The molecule has 0 fully saturated rings. The fourth-order valence-corrected chi connectivity index (χ4v) is 1.37. The molecule has 66 valence electrons. The SMILES string of the molecule is CC(=CC1CC=CCC1)[N+](=O)[O-]. The lowest BCUT2D eigenvalue weighted by atomic mass is 9.94. The van der Waals surface area contributed by atoms with Crippen molar-refractivity contribution >= 4 is 0 Å². The van der Waals surface area contributed by atoms with Crippen LogP contribution in [0.3, 0.4) is 0 Å². The van der Waals surface area contributed by atoms with E-state index in [9.17, 15) is 10.1 Å². The highest BCUT2D eigenvalue weighted by atomic mass is 16.6. The minimum Gasteiger partial charge on any atom is -0.259 e. The lowest BCUT2D eigenvalue weighted by Crippen LogP contribution is -2.02. The zero-order valence-electron chi connectivity index (χ0n) is 7.19. The van der Waals surface area contributed by atoms with Gasteiger partial charge in [-0.2, -0.15) is 0 Å². The van der Waals surface area contributed by atoms with Gasteiger partial charge in [-0.05, 0) is 31.3 Å². The number of allylic oxidation sites excluding steroid dienone is 4. The number of hydrogen-bond donors (Lipinski definition) is 0. The topological polar surface area (TPSA) is 43.1 Å². The van der Waals surface area contributed by atoms with Crippen LogP contribution in [-0.4, -0.2) is 4.92 Å². The molecule has 1 aliphatic rings. The van der Waals surface area contributed by atoms with Gasteiger partial charge in [-0.25, -0.2) is 0 Å². The first-order valence-corrected chi connectivity index (χ1v) is 4.18. The van der Waals surface area contributed by atoms with Gasteiger partial charge in [-0.1, -0.05) is 12.2 Å². The highest BCUT2D eigenvalue weighted by Gasteiger charge is 2.10. The van der Waals surface area contributed by atoms with Crippen molar-refractivity contribution in [3.05, 3.63) is 34.0 Å². The molecule has 0 saturated heterocycles. The standard InChI is InChI=1S/C9H13NO2/c1-8(10(11)12)7-9-5-3-2-4-6-9/h2-3,7,9H,4-6H2,1H3. The zero-order valence-corrected chi connectivity index (χ0v) is 7.19. The van der Waals surface area contributed by atoms with E-state index in [1.807, 2.05) is 0 Å². The van der Waals surface area contributed by atoms with E-state index in [1.54, 1.807) is 13.0 Å². The Morgan fingerprint density at radius 3 is 2.92 bits per heavy atom. The largest absolute Gasteiger partial charge is 0.259 e. The molecule has 1 unspecified atom stereocenters. The van der Waals surface area contributed by atoms with E-state index in [0.29, 0.717) is 5.92 Å². The van der Waals surface area contributed by atoms with Crippen molar-refractivity contribution in [2.75, 3.05) is 0 Å². The highest BCUT2D eigenvalue weighted by molar-refractivity contribution is 5.00. The molecule has 0 amide bonds. The molecule has 0 N–H and O–H groups in total. The van der Waals surface area contributed by atoms with Crippen LogP contribution in [0.15, 0.2) is 23.9 Å². The van der Waals surface area contributed by atoms with Crippen molar-refractivity contribution in [3.63, 3.8) is 0 Å². The molecule has 1 aliphatic carbocycles. The summed E-state index contributed by atoms with van der Waals surface area (Å²) in [6.07, 6.45) is 9.03. The van der Waals surface area contributed by atoms with Crippen LogP contribution in [0.4, 0.5) is 0 Å². The van der Waals surface area contributed by atoms with Crippen LogP contribution in [0.25, 0.3) is 0 Å². The lowest BCUT2D eigenvalue weighted by Gasteiger charge is -2.11. The Morgan fingerprint density at radius 2 is 2.42 bits per heavy atom. The molecule has 1 rings (SSSR count). The number of nitrogens with zero attached hydrogens (tertiary/aromatic N) is 1. The van der Waals surface area contributed by atoms with E-state index < -0.39 is 0 Å². The van der Waals surface area contributed by atoms with Gasteiger partial charge in [0.2, 0.25) is 5.70 Å². The summed E-state index contributed by atoms with van der Waals surface area (Å²) in [4.78, 5) is 9.97. The smallest absolute Gasteiger partial charge is 0.239 e. The molecule has 0 spiro atoms. The predicted octanol–water partition coefficient (Wildman–Crippen LogP) is 2.52. The summed E-state index contributed by atoms with van der Waals surface area (Å²) < 4.78 is 0. The third-order valence-corrected chi connectivity index (χ3v) is 2.07. The van der Waals surface area contributed by atoms with Gasteiger partial charge in [-0.15, -0.1) is 0 Å². The fourth-order valence-electron chi connectivity index (χ4n) is 1.37. The molecular formula is C9H13NO2. The first-order valence-electron chi connectivity index (χ1n) is 4.18. The summed E-state index contributed by atoms with van der Waals surface area (Å²) in [5.74, 6) is 0.375. The van der Waals surface area contributed by atoms with Crippen LogP contribution < -0.4 is 0 Å². The van der Waals surface area contributed by atoms with E-state index in [1.165, 1.54) is 0 Å². The van der Waals surface area contributed by atoms with Crippen molar-refractivity contribution in [2.24, 2.45) is 5.92 Å². The van der Waals surface area contributed by atoms with Crippen molar-refractivity contribution in [1.82, 2.24) is 0 Å². The van der Waals surface area contributed by atoms with Crippen LogP contribution in [-0.2, 0) is 0 Å². The van der Waals surface area contributed by atoms with Gasteiger partial charge in [0.25, 0.3) is 0 Å². The third kappa shape index (κ3) is 2.49. The Kier molecular flexibility index (Phi) is 3.02. The van der Waals surface area contributed by atoms with Crippen molar-refractivity contribution in [2.45, 2.75) is 26.2 Å². The fraction of sp³-hybridized carbons (Fsp3) is 0.556. The molecule has 1 atom stereocenters. The van der Waals surface area contributed by atoms with Gasteiger partial charge in [0, 0.05) is 6.92 Å². The summed E-state index contributed by atoms with van der Waals surface area (Å²) in [5.41, 5.74) is 0.273. The van der Waals surface area contributed by atoms with Gasteiger partial charge in [0.15, 0.2) is 0 Å². The molecular weight excluding hydrogens is 154 g/mol. The van der Waals surface area contributed by atoms with Gasteiger partial charge >= 0.3 is 0 Å². The first-order chi connectivity index (χ1) is 5.70. The number of nitro groups is 1. The Balaban J connectivity index is 2.54. The Hall–Kier alpha value is -1.12. The minimum absolute atomic E-state index is 0.273. The second kappa shape index (κ2) is 4.04. The van der Waals surface area contributed by atoms with Crippen LogP contribution in [0.5, 0.6) is 0 Å². The average Bonchev–Trinajstić information content (AvgIpc) is 2.06.